The van der Waals surface area contributed by atoms with Crippen LogP contribution in [0.4, 0.5) is 0 Å². The van der Waals surface area contributed by atoms with Crippen LogP contribution in [0, 0.1) is 0 Å². The Balaban J connectivity index is 1.78. The van der Waals surface area contributed by atoms with Gasteiger partial charge < -0.3 is 0 Å². The van der Waals surface area contributed by atoms with Gasteiger partial charge >= 0.3 is 0 Å². The molecule has 4 heteroatoms. The molecule has 1 aliphatic rings. The maximum atomic E-state index is 12.1. The molecule has 0 saturated heterocycles. The van der Waals surface area contributed by atoms with Gasteiger partial charge in [-0.25, -0.2) is 13.1 Å². The van der Waals surface area contributed by atoms with Crippen LogP contribution in [0.3, 0.4) is 0 Å². The van der Waals surface area contributed by atoms with Gasteiger partial charge in [0, 0.05) is 6.04 Å². The van der Waals surface area contributed by atoms with Gasteiger partial charge in [0.15, 0.2) is 0 Å². The third-order valence-electron chi connectivity index (χ3n) is 4.32. The largest absolute Gasteiger partial charge is 0.212 e. The van der Waals surface area contributed by atoms with E-state index in [1.54, 1.807) is 0 Å². The van der Waals surface area contributed by atoms with Crippen LogP contribution < -0.4 is 4.72 Å². The van der Waals surface area contributed by atoms with Crippen molar-refractivity contribution in [1.29, 1.82) is 0 Å². The van der Waals surface area contributed by atoms with Gasteiger partial charge in [0.25, 0.3) is 0 Å². The first kappa shape index (κ1) is 16.9. The molecule has 0 amide bonds. The summed E-state index contributed by atoms with van der Waals surface area (Å²) < 4.78 is 27.0. The highest BCUT2D eigenvalue weighted by molar-refractivity contribution is 7.89. The molecule has 2 aromatic rings. The molecule has 1 aliphatic carbocycles. The van der Waals surface area contributed by atoms with Crippen molar-refractivity contribution < 1.29 is 8.42 Å². The highest BCUT2D eigenvalue weighted by Gasteiger charge is 2.24. The van der Waals surface area contributed by atoms with Crippen molar-refractivity contribution in [2.75, 3.05) is 5.75 Å². The SMILES string of the molecule is CCCS(=O)(=O)NC1CCC=C1c1ccc(-c2ccccc2)cc1. The van der Waals surface area contributed by atoms with Crippen molar-refractivity contribution in [3.63, 3.8) is 0 Å². The summed E-state index contributed by atoms with van der Waals surface area (Å²) in [6, 6.07) is 18.5. The Morgan fingerprint density at radius 1 is 0.958 bits per heavy atom. The second kappa shape index (κ2) is 7.32. The molecule has 3 rings (SSSR count). The van der Waals surface area contributed by atoms with Gasteiger partial charge in [-0.1, -0.05) is 67.6 Å². The highest BCUT2D eigenvalue weighted by Crippen LogP contribution is 2.30. The summed E-state index contributed by atoms with van der Waals surface area (Å²) >= 11 is 0. The van der Waals surface area contributed by atoms with E-state index in [0.29, 0.717) is 6.42 Å². The van der Waals surface area contributed by atoms with Crippen molar-refractivity contribution in [3.8, 4) is 11.1 Å². The fourth-order valence-electron chi connectivity index (χ4n) is 3.17. The van der Waals surface area contributed by atoms with Crippen molar-refractivity contribution in [2.45, 2.75) is 32.2 Å². The quantitative estimate of drug-likeness (QED) is 0.855. The lowest BCUT2D eigenvalue weighted by Crippen LogP contribution is -2.35. The molecule has 24 heavy (non-hydrogen) atoms. The zero-order valence-corrected chi connectivity index (χ0v) is 14.7. The van der Waals surface area contributed by atoms with Gasteiger partial charge in [-0.2, -0.15) is 0 Å². The first-order valence-electron chi connectivity index (χ1n) is 8.45. The summed E-state index contributed by atoms with van der Waals surface area (Å²) in [7, 11) is -3.20. The topological polar surface area (TPSA) is 46.2 Å². The van der Waals surface area contributed by atoms with Crippen molar-refractivity contribution in [2.24, 2.45) is 0 Å². The Hall–Kier alpha value is -1.91. The maximum absolute atomic E-state index is 12.1. The van der Waals surface area contributed by atoms with Crippen LogP contribution in [0.5, 0.6) is 0 Å². The molecule has 0 spiro atoms. The molecule has 1 unspecified atom stereocenters. The Kier molecular flexibility index (Phi) is 5.17. The van der Waals surface area contributed by atoms with E-state index in [4.69, 9.17) is 0 Å². The Labute approximate surface area is 144 Å². The molecule has 1 atom stereocenters. The predicted molar refractivity (Wildman–Crippen MR) is 100 cm³/mol. The zero-order valence-electron chi connectivity index (χ0n) is 13.9. The molecule has 0 saturated carbocycles. The molecule has 0 heterocycles. The minimum absolute atomic E-state index is 0.107. The van der Waals surface area contributed by atoms with Crippen LogP contribution in [-0.2, 0) is 10.0 Å². The normalized spacial score (nSPS) is 17.7. The van der Waals surface area contributed by atoms with Gasteiger partial charge in [-0.05, 0) is 41.5 Å². The molecule has 0 aliphatic heterocycles. The average Bonchev–Trinajstić information content (AvgIpc) is 3.03. The number of hydrogen-bond donors (Lipinski definition) is 1. The average molecular weight is 341 g/mol. The number of benzene rings is 2. The standard InChI is InChI=1S/C20H23NO2S/c1-2-15-24(22,23)21-20-10-6-9-19(20)18-13-11-17(12-14-18)16-7-4-3-5-8-16/h3-5,7-9,11-14,20-21H,2,6,10,15H2,1H3. The van der Waals surface area contributed by atoms with Gasteiger partial charge in [0.1, 0.15) is 0 Å². The van der Waals surface area contributed by atoms with Crippen LogP contribution in [-0.4, -0.2) is 20.2 Å². The monoisotopic (exact) mass is 341 g/mol. The molecule has 0 fully saturated rings. The smallest absolute Gasteiger partial charge is 0.212 e. The predicted octanol–water partition coefficient (Wildman–Crippen LogP) is 4.23. The first-order chi connectivity index (χ1) is 11.6. The van der Waals surface area contributed by atoms with E-state index in [9.17, 15) is 8.42 Å². The van der Waals surface area contributed by atoms with E-state index in [0.717, 1.165) is 24.0 Å². The number of sulfonamides is 1. The van der Waals surface area contributed by atoms with Crippen molar-refractivity contribution in [1.82, 2.24) is 4.72 Å². The second-order valence-corrected chi connectivity index (χ2v) is 8.04. The molecule has 126 valence electrons. The van der Waals surface area contributed by atoms with E-state index >= 15 is 0 Å². The molecule has 0 aromatic heterocycles. The van der Waals surface area contributed by atoms with E-state index < -0.39 is 10.0 Å². The number of hydrogen-bond acceptors (Lipinski definition) is 2. The van der Waals surface area contributed by atoms with Crippen molar-refractivity contribution >= 4 is 15.6 Å². The summed E-state index contributed by atoms with van der Waals surface area (Å²) in [6.07, 6.45) is 4.53. The third-order valence-corrected chi connectivity index (χ3v) is 5.90. The van der Waals surface area contributed by atoms with Gasteiger partial charge in [0.05, 0.1) is 5.75 Å². The second-order valence-electron chi connectivity index (χ2n) is 6.17. The minimum Gasteiger partial charge on any atom is -0.212 e. The van der Waals surface area contributed by atoms with Crippen LogP contribution in [0.1, 0.15) is 31.7 Å². The lowest BCUT2D eigenvalue weighted by molar-refractivity contribution is 0.569. The van der Waals surface area contributed by atoms with Crippen LogP contribution in [0.2, 0.25) is 0 Å². The Morgan fingerprint density at radius 3 is 2.25 bits per heavy atom. The maximum Gasteiger partial charge on any atom is 0.212 e. The molecule has 1 N–H and O–H groups in total. The molecule has 3 nitrogen and oxygen atoms in total. The van der Waals surface area contributed by atoms with Gasteiger partial charge in [-0.3, -0.25) is 0 Å². The van der Waals surface area contributed by atoms with Gasteiger partial charge in [-0.15, -0.1) is 0 Å². The van der Waals surface area contributed by atoms with E-state index in [1.807, 2.05) is 25.1 Å². The fraction of sp³-hybridized carbons (Fsp3) is 0.300. The third kappa shape index (κ3) is 3.94. The van der Waals surface area contributed by atoms with Crippen molar-refractivity contribution in [3.05, 3.63) is 66.2 Å². The minimum atomic E-state index is -3.20. The van der Waals surface area contributed by atoms with E-state index in [1.165, 1.54) is 11.1 Å². The summed E-state index contributed by atoms with van der Waals surface area (Å²) in [5.41, 5.74) is 4.54. The van der Waals surface area contributed by atoms with Crippen LogP contribution in [0.25, 0.3) is 16.7 Å². The number of rotatable bonds is 6. The molecule has 2 aromatic carbocycles. The molecule has 0 bridgehead atoms. The summed E-state index contributed by atoms with van der Waals surface area (Å²) in [5.74, 6) is 0.184. The summed E-state index contributed by atoms with van der Waals surface area (Å²) in [4.78, 5) is 0. The first-order valence-corrected chi connectivity index (χ1v) is 10.1. The molecular formula is C20H23NO2S. The molecular weight excluding hydrogens is 318 g/mol. The Bertz CT molecular complexity index is 808. The summed E-state index contributed by atoms with van der Waals surface area (Å²) in [5, 5.41) is 0. The number of allylic oxidation sites excluding steroid dienone is 1. The summed E-state index contributed by atoms with van der Waals surface area (Å²) in [6.45, 7) is 1.88. The van der Waals surface area contributed by atoms with E-state index in [2.05, 4.69) is 47.2 Å². The van der Waals surface area contributed by atoms with Crippen LogP contribution in [0.15, 0.2) is 60.7 Å². The zero-order chi connectivity index (χ0) is 17.0. The van der Waals surface area contributed by atoms with Gasteiger partial charge in [0.2, 0.25) is 10.0 Å². The molecule has 0 radical (unpaired) electrons. The number of nitrogens with one attached hydrogen (secondary N) is 1. The lowest BCUT2D eigenvalue weighted by Gasteiger charge is -2.17. The Morgan fingerprint density at radius 2 is 1.58 bits per heavy atom. The van der Waals surface area contributed by atoms with E-state index in [-0.39, 0.29) is 11.8 Å². The van der Waals surface area contributed by atoms with Crippen LogP contribution >= 0.6 is 0 Å². The lowest BCUT2D eigenvalue weighted by atomic mass is 9.98. The highest BCUT2D eigenvalue weighted by atomic mass is 32.2. The fourth-order valence-corrected chi connectivity index (χ4v) is 4.51.